The van der Waals surface area contributed by atoms with Gasteiger partial charge in [0.25, 0.3) is 0 Å². The highest BCUT2D eigenvalue weighted by Gasteiger charge is 2.30. The summed E-state index contributed by atoms with van der Waals surface area (Å²) < 4.78 is 31.8. The molecule has 0 bridgehead atoms. The number of carbonyl (C=O) groups excluding carboxylic acids is 1. The van der Waals surface area contributed by atoms with Gasteiger partial charge in [-0.1, -0.05) is 33.6 Å². The van der Waals surface area contributed by atoms with Gasteiger partial charge in [0, 0.05) is 21.7 Å². The van der Waals surface area contributed by atoms with Crippen molar-refractivity contribution in [1.82, 2.24) is 0 Å². The number of methoxy groups -OCH3 is 1. The van der Waals surface area contributed by atoms with Crippen LogP contribution in [0.5, 0.6) is 17.2 Å². The van der Waals surface area contributed by atoms with Gasteiger partial charge in [0.15, 0.2) is 5.76 Å². The minimum atomic E-state index is -0.440. The molecule has 1 aliphatic heterocycles. The Hall–Kier alpha value is -2.83. The van der Waals surface area contributed by atoms with Gasteiger partial charge in [0.05, 0.1) is 17.7 Å². The van der Waals surface area contributed by atoms with Crippen LogP contribution in [-0.4, -0.2) is 12.9 Å². The standard InChI is InChI=1S/C24H17BrClFO4/c1-13-8-16(30-12-17-18(26)4-3-5-19(17)27)11-21-23(13)24(28)22(31-21)10-14-9-15(25)6-7-20(14)29-2/h3-11H,12H2,1-2H3/b22-10-. The van der Waals surface area contributed by atoms with Crippen LogP contribution < -0.4 is 14.2 Å². The number of hydrogen-bond acceptors (Lipinski definition) is 4. The summed E-state index contributed by atoms with van der Waals surface area (Å²) in [6.45, 7) is 1.75. The van der Waals surface area contributed by atoms with E-state index < -0.39 is 5.82 Å². The average Bonchev–Trinajstić information content (AvgIpc) is 3.03. The number of hydrogen-bond donors (Lipinski definition) is 0. The zero-order valence-electron chi connectivity index (χ0n) is 16.7. The minimum absolute atomic E-state index is 0.0460. The van der Waals surface area contributed by atoms with Crippen molar-refractivity contribution in [2.24, 2.45) is 0 Å². The molecule has 3 aromatic carbocycles. The summed E-state index contributed by atoms with van der Waals surface area (Å²) in [4.78, 5) is 12.9. The Morgan fingerprint density at radius 2 is 2.00 bits per heavy atom. The molecule has 0 unspecified atom stereocenters. The van der Waals surface area contributed by atoms with E-state index in [0.29, 0.717) is 33.9 Å². The molecule has 0 atom stereocenters. The third kappa shape index (κ3) is 4.31. The molecule has 4 rings (SSSR count). The van der Waals surface area contributed by atoms with Crippen molar-refractivity contribution in [2.75, 3.05) is 7.11 Å². The number of ether oxygens (including phenoxy) is 3. The number of fused-ring (bicyclic) bond motifs is 1. The van der Waals surface area contributed by atoms with E-state index in [4.69, 9.17) is 25.8 Å². The molecule has 7 heteroatoms. The highest BCUT2D eigenvalue weighted by atomic mass is 79.9. The lowest BCUT2D eigenvalue weighted by atomic mass is 10.0. The zero-order chi connectivity index (χ0) is 22.1. The number of rotatable bonds is 5. The third-order valence-corrected chi connectivity index (χ3v) is 5.71. The molecule has 0 aliphatic carbocycles. The van der Waals surface area contributed by atoms with Crippen LogP contribution in [0.15, 0.2) is 58.8 Å². The number of halogens is 3. The van der Waals surface area contributed by atoms with Gasteiger partial charge < -0.3 is 14.2 Å². The van der Waals surface area contributed by atoms with Gasteiger partial charge in [0.2, 0.25) is 5.78 Å². The Labute approximate surface area is 192 Å². The number of aryl methyl sites for hydroxylation is 1. The number of Topliss-reactive ketones (excluding diaryl/α,β-unsaturated/α-hetero) is 1. The first kappa shape index (κ1) is 21.4. The minimum Gasteiger partial charge on any atom is -0.496 e. The predicted octanol–water partition coefficient (Wildman–Crippen LogP) is 6.75. The van der Waals surface area contributed by atoms with Crippen molar-refractivity contribution in [3.63, 3.8) is 0 Å². The van der Waals surface area contributed by atoms with Gasteiger partial charge in [-0.3, -0.25) is 4.79 Å². The van der Waals surface area contributed by atoms with Crippen molar-refractivity contribution < 1.29 is 23.4 Å². The lowest BCUT2D eigenvalue weighted by Gasteiger charge is -2.11. The van der Waals surface area contributed by atoms with Gasteiger partial charge >= 0.3 is 0 Å². The first-order valence-electron chi connectivity index (χ1n) is 9.35. The second-order valence-corrected chi connectivity index (χ2v) is 8.25. The maximum atomic E-state index is 14.0. The van der Waals surface area contributed by atoms with Crippen LogP contribution in [0.3, 0.4) is 0 Å². The lowest BCUT2D eigenvalue weighted by molar-refractivity contribution is 0.101. The molecular formula is C24H17BrClFO4. The van der Waals surface area contributed by atoms with Crippen molar-refractivity contribution >= 4 is 39.4 Å². The van der Waals surface area contributed by atoms with Gasteiger partial charge in [0.1, 0.15) is 29.7 Å². The van der Waals surface area contributed by atoms with Gasteiger partial charge in [-0.05, 0) is 55.0 Å². The fourth-order valence-corrected chi connectivity index (χ4v) is 3.94. The summed E-state index contributed by atoms with van der Waals surface area (Å²) in [5.74, 6) is 0.974. The largest absolute Gasteiger partial charge is 0.496 e. The molecule has 158 valence electrons. The predicted molar refractivity (Wildman–Crippen MR) is 121 cm³/mol. The van der Waals surface area contributed by atoms with E-state index in [1.54, 1.807) is 44.4 Å². The van der Waals surface area contributed by atoms with Gasteiger partial charge in [-0.25, -0.2) is 4.39 Å². The van der Waals surface area contributed by atoms with Crippen LogP contribution in [-0.2, 0) is 6.61 Å². The average molecular weight is 504 g/mol. The summed E-state index contributed by atoms with van der Waals surface area (Å²) in [6, 6.07) is 13.3. The molecule has 0 saturated carbocycles. The Morgan fingerprint density at radius 1 is 1.19 bits per heavy atom. The molecule has 0 N–H and O–H groups in total. The fraction of sp³-hybridized carbons (Fsp3) is 0.125. The van der Waals surface area contributed by atoms with Crippen LogP contribution in [0.4, 0.5) is 4.39 Å². The zero-order valence-corrected chi connectivity index (χ0v) is 19.0. The van der Waals surface area contributed by atoms with Crippen molar-refractivity contribution in [3.05, 3.63) is 91.9 Å². The fourth-order valence-electron chi connectivity index (χ4n) is 3.35. The van der Waals surface area contributed by atoms with Crippen molar-refractivity contribution in [2.45, 2.75) is 13.5 Å². The molecule has 0 saturated heterocycles. The van der Waals surface area contributed by atoms with E-state index in [2.05, 4.69) is 15.9 Å². The molecule has 0 amide bonds. The van der Waals surface area contributed by atoms with Crippen molar-refractivity contribution in [1.29, 1.82) is 0 Å². The first-order valence-corrected chi connectivity index (χ1v) is 10.5. The highest BCUT2D eigenvalue weighted by molar-refractivity contribution is 9.10. The highest BCUT2D eigenvalue weighted by Crippen LogP contribution is 2.38. The molecule has 0 fully saturated rings. The van der Waals surface area contributed by atoms with E-state index in [-0.39, 0.29) is 28.7 Å². The Bertz CT molecular complexity index is 1200. The number of ketones is 1. The maximum absolute atomic E-state index is 14.0. The maximum Gasteiger partial charge on any atom is 0.232 e. The Morgan fingerprint density at radius 3 is 2.74 bits per heavy atom. The molecule has 4 nitrogen and oxygen atoms in total. The molecule has 0 aromatic heterocycles. The number of carbonyl (C=O) groups is 1. The van der Waals surface area contributed by atoms with Crippen LogP contribution >= 0.6 is 27.5 Å². The summed E-state index contributed by atoms with van der Waals surface area (Å²) in [5, 5.41) is 0.289. The summed E-state index contributed by atoms with van der Waals surface area (Å²) in [5.41, 5.74) is 2.14. The quantitative estimate of drug-likeness (QED) is 0.361. The van der Waals surface area contributed by atoms with Crippen molar-refractivity contribution in [3.8, 4) is 17.2 Å². The second-order valence-electron chi connectivity index (χ2n) is 6.93. The monoisotopic (exact) mass is 502 g/mol. The second kappa shape index (κ2) is 8.73. The summed E-state index contributed by atoms with van der Waals surface area (Å²) >= 11 is 9.48. The van der Waals surface area contributed by atoms with E-state index in [1.807, 2.05) is 12.1 Å². The van der Waals surface area contributed by atoms with E-state index >= 15 is 0 Å². The van der Waals surface area contributed by atoms with Gasteiger partial charge in [-0.2, -0.15) is 0 Å². The topological polar surface area (TPSA) is 44.8 Å². The molecule has 31 heavy (non-hydrogen) atoms. The molecule has 1 heterocycles. The molecule has 3 aromatic rings. The SMILES string of the molecule is COc1ccc(Br)cc1/C=C1\Oc2cc(OCc3c(F)cccc3Cl)cc(C)c2C1=O. The van der Waals surface area contributed by atoms with Crippen LogP contribution in [0.2, 0.25) is 5.02 Å². The Kier molecular flexibility index (Phi) is 6.03. The summed E-state index contributed by atoms with van der Waals surface area (Å²) in [6.07, 6.45) is 1.64. The Balaban J connectivity index is 1.62. The van der Waals surface area contributed by atoms with E-state index in [9.17, 15) is 9.18 Å². The number of benzene rings is 3. The van der Waals surface area contributed by atoms with E-state index in [0.717, 1.165) is 4.47 Å². The smallest absolute Gasteiger partial charge is 0.232 e. The van der Waals surface area contributed by atoms with Crippen LogP contribution in [0.1, 0.15) is 27.0 Å². The molecule has 0 spiro atoms. The third-order valence-electron chi connectivity index (χ3n) is 4.87. The normalized spacial score (nSPS) is 13.8. The number of allylic oxidation sites excluding steroid dienone is 1. The van der Waals surface area contributed by atoms with Crippen LogP contribution in [0, 0.1) is 12.7 Å². The van der Waals surface area contributed by atoms with Crippen LogP contribution in [0.25, 0.3) is 6.08 Å². The first-order chi connectivity index (χ1) is 14.9. The molecule has 1 aliphatic rings. The van der Waals surface area contributed by atoms with E-state index in [1.165, 1.54) is 12.1 Å². The lowest BCUT2D eigenvalue weighted by Crippen LogP contribution is -2.01. The summed E-state index contributed by atoms with van der Waals surface area (Å²) in [7, 11) is 1.56. The molecular weight excluding hydrogens is 487 g/mol. The molecule has 0 radical (unpaired) electrons. The van der Waals surface area contributed by atoms with Gasteiger partial charge in [-0.15, -0.1) is 0 Å².